The van der Waals surface area contributed by atoms with Gasteiger partial charge in [-0.15, -0.1) is 12.4 Å². The van der Waals surface area contributed by atoms with Gasteiger partial charge in [-0.3, -0.25) is 9.78 Å². The van der Waals surface area contributed by atoms with Crippen molar-refractivity contribution in [3.63, 3.8) is 0 Å². The number of rotatable bonds is 6. The molecule has 8 heteroatoms. The van der Waals surface area contributed by atoms with Gasteiger partial charge in [-0.25, -0.2) is 14.4 Å². The molecule has 0 spiro atoms. The Morgan fingerprint density at radius 3 is 2.42 bits per heavy atom. The summed E-state index contributed by atoms with van der Waals surface area (Å²) in [4.78, 5) is 24.4. The Kier molecular flexibility index (Phi) is 6.99. The summed E-state index contributed by atoms with van der Waals surface area (Å²) in [5, 5.41) is 5.65. The minimum Gasteiger partial charge on any atom is -0.349 e. The lowest BCUT2D eigenvalue weighted by atomic mass is 10.2. The molecular weight excluding hydrogens is 357 g/mol. The highest BCUT2D eigenvalue weighted by Crippen LogP contribution is 2.18. The number of anilines is 2. The number of alkyl halides is 1. The SMILES string of the molecule is Cl.O=C(NCCF)c1ccc(Nc2ccnc(-c3ccncc3)n2)cc1. The fraction of sp³-hybridized carbons (Fsp3) is 0.111. The van der Waals surface area contributed by atoms with Gasteiger partial charge < -0.3 is 10.6 Å². The number of aromatic nitrogens is 3. The van der Waals surface area contributed by atoms with Crippen molar-refractivity contribution in [2.75, 3.05) is 18.5 Å². The van der Waals surface area contributed by atoms with E-state index in [2.05, 4.69) is 25.6 Å². The van der Waals surface area contributed by atoms with Crippen LogP contribution in [0, 0.1) is 0 Å². The first-order valence-electron chi connectivity index (χ1n) is 7.71. The zero-order valence-electron chi connectivity index (χ0n) is 13.7. The lowest BCUT2D eigenvalue weighted by Crippen LogP contribution is -2.25. The van der Waals surface area contributed by atoms with Gasteiger partial charge in [0.25, 0.3) is 5.91 Å². The van der Waals surface area contributed by atoms with E-state index in [0.29, 0.717) is 17.2 Å². The zero-order chi connectivity index (χ0) is 17.5. The molecule has 0 atom stereocenters. The maximum Gasteiger partial charge on any atom is 0.251 e. The average Bonchev–Trinajstić information content (AvgIpc) is 2.67. The molecule has 0 radical (unpaired) electrons. The molecular formula is C18H17ClFN5O. The molecule has 0 saturated heterocycles. The second-order valence-corrected chi connectivity index (χ2v) is 5.15. The maximum absolute atomic E-state index is 12.1. The van der Waals surface area contributed by atoms with E-state index in [1.54, 1.807) is 48.9 Å². The minimum atomic E-state index is -0.584. The van der Waals surface area contributed by atoms with Crippen LogP contribution in [0.15, 0.2) is 61.1 Å². The Morgan fingerprint density at radius 1 is 1.00 bits per heavy atom. The van der Waals surface area contributed by atoms with E-state index in [0.717, 1.165) is 11.3 Å². The third-order valence-electron chi connectivity index (χ3n) is 3.39. The molecule has 3 rings (SSSR count). The standard InChI is InChI=1S/C18H16FN5O.ClH/c19-8-12-22-18(25)14-1-3-15(4-2-14)23-16-7-11-21-17(24-16)13-5-9-20-10-6-13;/h1-7,9-11H,8,12H2,(H,22,25)(H,21,23,24);1H. The molecule has 0 aliphatic rings. The smallest absolute Gasteiger partial charge is 0.251 e. The second kappa shape index (κ2) is 9.43. The van der Waals surface area contributed by atoms with Crippen LogP contribution in [0.3, 0.4) is 0 Å². The maximum atomic E-state index is 12.1. The van der Waals surface area contributed by atoms with Gasteiger partial charge in [-0.05, 0) is 42.5 Å². The van der Waals surface area contributed by atoms with Crippen LogP contribution < -0.4 is 10.6 Å². The Hall–Kier alpha value is -3.06. The van der Waals surface area contributed by atoms with Crippen LogP contribution >= 0.6 is 12.4 Å². The number of amides is 1. The molecule has 0 aliphatic carbocycles. The van der Waals surface area contributed by atoms with Crippen molar-refractivity contribution < 1.29 is 9.18 Å². The predicted octanol–water partition coefficient (Wildman–Crippen LogP) is 3.40. The van der Waals surface area contributed by atoms with Crippen molar-refractivity contribution in [2.24, 2.45) is 0 Å². The molecule has 6 nitrogen and oxygen atoms in total. The van der Waals surface area contributed by atoms with Crippen LogP contribution in [0.2, 0.25) is 0 Å². The number of halogens is 2. The van der Waals surface area contributed by atoms with E-state index < -0.39 is 6.67 Å². The third kappa shape index (κ3) is 4.97. The first-order valence-corrected chi connectivity index (χ1v) is 7.71. The molecule has 2 N–H and O–H groups in total. The molecule has 2 aromatic heterocycles. The summed E-state index contributed by atoms with van der Waals surface area (Å²) in [6.45, 7) is -0.573. The highest BCUT2D eigenvalue weighted by Gasteiger charge is 2.06. The molecule has 2 heterocycles. The van der Waals surface area contributed by atoms with Gasteiger partial charge in [-0.1, -0.05) is 0 Å². The molecule has 0 unspecified atom stereocenters. The van der Waals surface area contributed by atoms with Crippen molar-refractivity contribution in [2.45, 2.75) is 0 Å². The Labute approximate surface area is 156 Å². The summed E-state index contributed by atoms with van der Waals surface area (Å²) in [6, 6.07) is 12.3. The fourth-order valence-corrected chi connectivity index (χ4v) is 2.18. The molecule has 134 valence electrons. The number of hydrogen-bond acceptors (Lipinski definition) is 5. The quantitative estimate of drug-likeness (QED) is 0.692. The molecule has 0 fully saturated rings. The van der Waals surface area contributed by atoms with Crippen LogP contribution in [0.4, 0.5) is 15.9 Å². The molecule has 0 saturated carbocycles. The van der Waals surface area contributed by atoms with Gasteiger partial charge in [0.05, 0.1) is 0 Å². The lowest BCUT2D eigenvalue weighted by Gasteiger charge is -2.08. The number of hydrogen-bond donors (Lipinski definition) is 2. The number of nitrogens with one attached hydrogen (secondary N) is 2. The Morgan fingerprint density at radius 2 is 1.73 bits per heavy atom. The monoisotopic (exact) mass is 373 g/mol. The summed E-state index contributed by atoms with van der Waals surface area (Å²) < 4.78 is 12.1. The highest BCUT2D eigenvalue weighted by atomic mass is 35.5. The number of carbonyl (C=O) groups is 1. The largest absolute Gasteiger partial charge is 0.349 e. The summed E-state index contributed by atoms with van der Waals surface area (Å²) in [5.74, 6) is 0.928. The second-order valence-electron chi connectivity index (χ2n) is 5.15. The van der Waals surface area contributed by atoms with Crippen molar-refractivity contribution in [1.82, 2.24) is 20.3 Å². The fourth-order valence-electron chi connectivity index (χ4n) is 2.18. The number of carbonyl (C=O) groups excluding carboxylic acids is 1. The first-order chi connectivity index (χ1) is 12.3. The first kappa shape index (κ1) is 19.3. The van der Waals surface area contributed by atoms with Gasteiger partial charge in [0, 0.05) is 41.9 Å². The van der Waals surface area contributed by atoms with E-state index in [4.69, 9.17) is 0 Å². The van der Waals surface area contributed by atoms with Crippen LogP contribution in [0.25, 0.3) is 11.4 Å². The van der Waals surface area contributed by atoms with Gasteiger partial charge >= 0.3 is 0 Å². The van der Waals surface area contributed by atoms with Crippen LogP contribution in [0.5, 0.6) is 0 Å². The normalized spacial score (nSPS) is 9.88. The van der Waals surface area contributed by atoms with Crippen molar-refractivity contribution in [3.8, 4) is 11.4 Å². The van der Waals surface area contributed by atoms with Gasteiger partial charge in [0.15, 0.2) is 5.82 Å². The van der Waals surface area contributed by atoms with Gasteiger partial charge in [0.2, 0.25) is 0 Å². The Bertz CT molecular complexity index is 846. The number of pyridine rings is 1. The van der Waals surface area contributed by atoms with Crippen LogP contribution in [0.1, 0.15) is 10.4 Å². The van der Waals surface area contributed by atoms with E-state index in [9.17, 15) is 9.18 Å². The molecule has 1 amide bonds. The predicted molar refractivity (Wildman–Crippen MR) is 101 cm³/mol. The van der Waals surface area contributed by atoms with E-state index in [1.165, 1.54) is 0 Å². The summed E-state index contributed by atoms with van der Waals surface area (Å²) in [7, 11) is 0. The zero-order valence-corrected chi connectivity index (χ0v) is 14.5. The molecule has 0 bridgehead atoms. The highest BCUT2D eigenvalue weighted by molar-refractivity contribution is 5.94. The lowest BCUT2D eigenvalue weighted by molar-refractivity contribution is 0.0951. The van der Waals surface area contributed by atoms with Crippen molar-refractivity contribution in [1.29, 1.82) is 0 Å². The van der Waals surface area contributed by atoms with Crippen molar-refractivity contribution in [3.05, 3.63) is 66.6 Å². The number of benzene rings is 1. The van der Waals surface area contributed by atoms with Crippen molar-refractivity contribution >= 4 is 29.8 Å². The van der Waals surface area contributed by atoms with Gasteiger partial charge in [-0.2, -0.15) is 0 Å². The van der Waals surface area contributed by atoms with Crippen LogP contribution in [-0.2, 0) is 0 Å². The number of nitrogens with zero attached hydrogens (tertiary/aromatic N) is 3. The minimum absolute atomic E-state index is 0. The molecule has 3 aromatic rings. The topological polar surface area (TPSA) is 79.8 Å². The van der Waals surface area contributed by atoms with E-state index in [1.807, 2.05) is 12.1 Å². The van der Waals surface area contributed by atoms with Crippen LogP contribution in [-0.4, -0.2) is 34.1 Å². The van der Waals surface area contributed by atoms with E-state index in [-0.39, 0.29) is 24.9 Å². The third-order valence-corrected chi connectivity index (χ3v) is 3.39. The summed E-state index contributed by atoms with van der Waals surface area (Å²) in [5.41, 5.74) is 2.12. The van der Waals surface area contributed by atoms with Gasteiger partial charge in [0.1, 0.15) is 12.5 Å². The molecule has 0 aliphatic heterocycles. The Balaban J connectivity index is 0.00000243. The molecule has 26 heavy (non-hydrogen) atoms. The summed E-state index contributed by atoms with van der Waals surface area (Å²) in [6.07, 6.45) is 5.04. The molecule has 1 aromatic carbocycles. The summed E-state index contributed by atoms with van der Waals surface area (Å²) >= 11 is 0. The average molecular weight is 374 g/mol. The van der Waals surface area contributed by atoms with E-state index >= 15 is 0 Å².